The van der Waals surface area contributed by atoms with Gasteiger partial charge in [-0.3, -0.25) is 9.59 Å². The van der Waals surface area contributed by atoms with Crippen LogP contribution in [0.25, 0.3) is 0 Å². The SMILES string of the molecule is CN(C)CCCn1ccc(=O)nc1SCC(=O)O. The number of hydrogen-bond donors (Lipinski definition) is 1. The third kappa shape index (κ3) is 5.33. The molecule has 1 aromatic rings. The number of rotatable bonds is 7. The smallest absolute Gasteiger partial charge is 0.313 e. The number of carboxylic acids is 1. The van der Waals surface area contributed by atoms with E-state index < -0.39 is 5.97 Å². The molecular weight excluding hydrogens is 254 g/mol. The highest BCUT2D eigenvalue weighted by atomic mass is 32.2. The Hall–Kier alpha value is -1.34. The van der Waals surface area contributed by atoms with Crippen LogP contribution in [0, 0.1) is 0 Å². The molecule has 0 aromatic carbocycles. The summed E-state index contributed by atoms with van der Waals surface area (Å²) in [5, 5.41) is 9.10. The van der Waals surface area contributed by atoms with Gasteiger partial charge in [0.1, 0.15) is 0 Å². The van der Waals surface area contributed by atoms with Crippen LogP contribution >= 0.6 is 11.8 Å². The first-order valence-electron chi connectivity index (χ1n) is 5.56. The van der Waals surface area contributed by atoms with E-state index in [1.165, 1.54) is 6.07 Å². The molecule has 0 aliphatic heterocycles. The Morgan fingerprint density at radius 1 is 1.56 bits per heavy atom. The molecule has 0 aliphatic carbocycles. The molecule has 0 atom stereocenters. The highest BCUT2D eigenvalue weighted by Gasteiger charge is 2.06. The Morgan fingerprint density at radius 2 is 2.28 bits per heavy atom. The molecule has 7 heteroatoms. The quantitative estimate of drug-likeness (QED) is 0.570. The fraction of sp³-hybridized carbons (Fsp3) is 0.545. The largest absolute Gasteiger partial charge is 0.481 e. The fourth-order valence-electron chi connectivity index (χ4n) is 1.38. The van der Waals surface area contributed by atoms with Crippen molar-refractivity contribution < 1.29 is 9.90 Å². The van der Waals surface area contributed by atoms with Gasteiger partial charge in [0.2, 0.25) is 0 Å². The lowest BCUT2D eigenvalue weighted by molar-refractivity contribution is -0.133. The van der Waals surface area contributed by atoms with Gasteiger partial charge in [0.15, 0.2) is 5.16 Å². The number of carboxylic acid groups (broad SMARTS) is 1. The molecule has 0 amide bonds. The number of nitrogens with zero attached hydrogens (tertiary/aromatic N) is 3. The highest BCUT2D eigenvalue weighted by Crippen LogP contribution is 2.13. The van der Waals surface area contributed by atoms with Crippen molar-refractivity contribution in [3.8, 4) is 0 Å². The number of carbonyl (C=O) groups is 1. The van der Waals surface area contributed by atoms with Crippen molar-refractivity contribution in [2.75, 3.05) is 26.4 Å². The van der Waals surface area contributed by atoms with Crippen molar-refractivity contribution in [1.29, 1.82) is 0 Å². The molecular formula is C11H17N3O3S. The van der Waals surface area contributed by atoms with Gasteiger partial charge in [-0.25, -0.2) is 0 Å². The van der Waals surface area contributed by atoms with Crippen LogP contribution in [0.5, 0.6) is 0 Å². The number of aryl methyl sites for hydroxylation is 1. The molecule has 0 radical (unpaired) electrons. The maximum atomic E-state index is 11.2. The zero-order valence-electron chi connectivity index (χ0n) is 10.5. The summed E-state index contributed by atoms with van der Waals surface area (Å²) in [4.78, 5) is 27.6. The number of aliphatic carboxylic acids is 1. The lowest BCUT2D eigenvalue weighted by Gasteiger charge is -2.13. The molecule has 0 spiro atoms. The zero-order chi connectivity index (χ0) is 13.5. The molecule has 1 N–H and O–H groups in total. The number of hydrogen-bond acceptors (Lipinski definition) is 5. The summed E-state index contributed by atoms with van der Waals surface area (Å²) in [6.45, 7) is 1.64. The zero-order valence-corrected chi connectivity index (χ0v) is 11.3. The van der Waals surface area contributed by atoms with E-state index in [2.05, 4.69) is 9.88 Å². The van der Waals surface area contributed by atoms with E-state index >= 15 is 0 Å². The first-order valence-corrected chi connectivity index (χ1v) is 6.54. The Labute approximate surface area is 110 Å². The number of aromatic nitrogens is 2. The van der Waals surface area contributed by atoms with Crippen molar-refractivity contribution in [2.45, 2.75) is 18.1 Å². The van der Waals surface area contributed by atoms with Crippen LogP contribution in [0.15, 0.2) is 22.2 Å². The van der Waals surface area contributed by atoms with Gasteiger partial charge in [-0.15, -0.1) is 0 Å². The van der Waals surface area contributed by atoms with Crippen LogP contribution in [0.3, 0.4) is 0 Å². The molecule has 18 heavy (non-hydrogen) atoms. The summed E-state index contributed by atoms with van der Waals surface area (Å²) in [7, 11) is 3.98. The lowest BCUT2D eigenvalue weighted by atomic mass is 10.4. The topological polar surface area (TPSA) is 75.4 Å². The van der Waals surface area contributed by atoms with E-state index in [4.69, 9.17) is 5.11 Å². The lowest BCUT2D eigenvalue weighted by Crippen LogP contribution is -2.18. The molecule has 100 valence electrons. The van der Waals surface area contributed by atoms with Crippen LogP contribution in [0.2, 0.25) is 0 Å². The first-order chi connectivity index (χ1) is 8.49. The molecule has 6 nitrogen and oxygen atoms in total. The summed E-state index contributed by atoms with van der Waals surface area (Å²) in [6.07, 6.45) is 2.58. The Morgan fingerprint density at radius 3 is 2.89 bits per heavy atom. The molecule has 0 unspecified atom stereocenters. The highest BCUT2D eigenvalue weighted by molar-refractivity contribution is 7.99. The van der Waals surface area contributed by atoms with Gasteiger partial charge in [0.05, 0.1) is 5.75 Å². The maximum absolute atomic E-state index is 11.2. The molecule has 0 saturated heterocycles. The predicted molar refractivity (Wildman–Crippen MR) is 70.0 cm³/mol. The van der Waals surface area contributed by atoms with Crippen LogP contribution in [0.1, 0.15) is 6.42 Å². The van der Waals surface area contributed by atoms with Crippen molar-refractivity contribution in [2.24, 2.45) is 0 Å². The molecule has 1 rings (SSSR count). The molecule has 0 bridgehead atoms. The molecule has 0 saturated carbocycles. The van der Waals surface area contributed by atoms with Crippen LogP contribution < -0.4 is 5.56 Å². The Kier molecular flexibility index (Phi) is 5.87. The second-order valence-corrected chi connectivity index (χ2v) is 5.02. The minimum absolute atomic E-state index is 0.0931. The third-order valence-electron chi connectivity index (χ3n) is 2.18. The summed E-state index contributed by atoms with van der Waals surface area (Å²) in [5.41, 5.74) is -0.341. The Bertz CT molecular complexity index is 459. The van der Waals surface area contributed by atoms with Gasteiger partial charge in [0, 0.05) is 18.8 Å². The predicted octanol–water partition coefficient (Wildman–Crippen LogP) is 0.372. The summed E-state index contributed by atoms with van der Waals surface area (Å²) >= 11 is 1.07. The van der Waals surface area contributed by atoms with Crippen LogP contribution in [-0.2, 0) is 11.3 Å². The van der Waals surface area contributed by atoms with Gasteiger partial charge >= 0.3 is 5.97 Å². The summed E-state index contributed by atoms with van der Waals surface area (Å²) in [5.74, 6) is -1.01. The summed E-state index contributed by atoms with van der Waals surface area (Å²) in [6, 6.07) is 1.39. The van der Waals surface area contributed by atoms with Crippen molar-refractivity contribution in [3.63, 3.8) is 0 Å². The minimum atomic E-state index is -0.919. The van der Waals surface area contributed by atoms with Crippen LogP contribution in [0.4, 0.5) is 0 Å². The minimum Gasteiger partial charge on any atom is -0.481 e. The second-order valence-electron chi connectivity index (χ2n) is 4.08. The summed E-state index contributed by atoms with van der Waals surface area (Å²) < 4.78 is 1.82. The van der Waals surface area contributed by atoms with Crippen molar-refractivity contribution in [3.05, 3.63) is 22.6 Å². The van der Waals surface area contributed by atoms with Crippen molar-refractivity contribution >= 4 is 17.7 Å². The van der Waals surface area contributed by atoms with Gasteiger partial charge in [-0.05, 0) is 27.1 Å². The fourth-order valence-corrected chi connectivity index (χ4v) is 2.11. The average molecular weight is 271 g/mol. The Balaban J connectivity index is 2.69. The second kappa shape index (κ2) is 7.17. The average Bonchev–Trinajstić information content (AvgIpc) is 2.28. The van der Waals surface area contributed by atoms with E-state index in [0.717, 1.165) is 24.7 Å². The standard InChI is InChI=1S/C11H17N3O3S/c1-13(2)5-3-6-14-7-4-9(15)12-11(14)18-8-10(16)17/h4,7H,3,5-6,8H2,1-2H3,(H,16,17). The monoisotopic (exact) mass is 271 g/mol. The van der Waals surface area contributed by atoms with Crippen molar-refractivity contribution in [1.82, 2.24) is 14.5 Å². The molecule has 0 aliphatic rings. The van der Waals surface area contributed by atoms with Gasteiger partial charge < -0.3 is 14.6 Å². The van der Waals surface area contributed by atoms with Gasteiger partial charge in [-0.2, -0.15) is 4.98 Å². The van der Waals surface area contributed by atoms with E-state index in [9.17, 15) is 9.59 Å². The molecule has 1 aromatic heterocycles. The molecule has 0 fully saturated rings. The van der Waals surface area contributed by atoms with E-state index in [1.54, 1.807) is 6.20 Å². The first kappa shape index (κ1) is 14.7. The third-order valence-corrected chi connectivity index (χ3v) is 3.15. The van der Waals surface area contributed by atoms with E-state index in [1.807, 2.05) is 18.7 Å². The number of thioether (sulfide) groups is 1. The molecule has 1 heterocycles. The normalized spacial score (nSPS) is 10.8. The van der Waals surface area contributed by atoms with Crippen LogP contribution in [-0.4, -0.2) is 51.9 Å². The van der Waals surface area contributed by atoms with E-state index in [0.29, 0.717) is 11.7 Å². The maximum Gasteiger partial charge on any atom is 0.313 e. The van der Waals surface area contributed by atoms with E-state index in [-0.39, 0.29) is 11.3 Å². The van der Waals surface area contributed by atoms with Gasteiger partial charge in [0.25, 0.3) is 5.56 Å². The van der Waals surface area contributed by atoms with Gasteiger partial charge in [-0.1, -0.05) is 11.8 Å².